The minimum absolute atomic E-state index is 0. The summed E-state index contributed by atoms with van der Waals surface area (Å²) in [7, 11) is 1.98. The first-order valence-corrected chi connectivity index (χ1v) is 7.31. The van der Waals surface area contributed by atoms with E-state index in [0.717, 1.165) is 43.8 Å². The standard InChI is InChI=1S/C16H24N2O2.ClH/c1-13-4-3-5-15(10-13)20-12-16(19)18-8-6-14(7-9-18)11-17-2;/h3-5,10,14,17H,6-9,11-12H2,1-2H3;1H. The highest BCUT2D eigenvalue weighted by molar-refractivity contribution is 5.85. The van der Waals surface area contributed by atoms with Crippen LogP contribution in [-0.4, -0.2) is 44.1 Å². The van der Waals surface area contributed by atoms with E-state index in [9.17, 15) is 4.79 Å². The fourth-order valence-electron chi connectivity index (χ4n) is 2.62. The van der Waals surface area contributed by atoms with Gasteiger partial charge in [-0.05, 0) is 57.0 Å². The molecule has 1 fully saturated rings. The van der Waals surface area contributed by atoms with Crippen LogP contribution in [-0.2, 0) is 4.79 Å². The highest BCUT2D eigenvalue weighted by Gasteiger charge is 2.22. The zero-order valence-corrected chi connectivity index (χ0v) is 13.6. The van der Waals surface area contributed by atoms with E-state index in [0.29, 0.717) is 5.92 Å². The van der Waals surface area contributed by atoms with Crippen LogP contribution in [0.15, 0.2) is 24.3 Å². The van der Waals surface area contributed by atoms with Gasteiger partial charge in [-0.2, -0.15) is 0 Å². The molecule has 1 aliphatic heterocycles. The SMILES string of the molecule is CNCC1CCN(C(=O)COc2cccc(C)c2)CC1.Cl. The van der Waals surface area contributed by atoms with Crippen LogP contribution in [0.5, 0.6) is 5.75 Å². The number of aryl methyl sites for hydroxylation is 1. The Morgan fingerprint density at radius 3 is 2.71 bits per heavy atom. The van der Waals surface area contributed by atoms with Crippen molar-refractivity contribution in [1.29, 1.82) is 0 Å². The zero-order chi connectivity index (χ0) is 14.4. The lowest BCUT2D eigenvalue weighted by molar-refractivity contribution is -0.134. The number of carbonyl (C=O) groups excluding carboxylic acids is 1. The predicted molar refractivity (Wildman–Crippen MR) is 87.2 cm³/mol. The molecule has 0 bridgehead atoms. The van der Waals surface area contributed by atoms with Crippen LogP contribution in [0.1, 0.15) is 18.4 Å². The van der Waals surface area contributed by atoms with E-state index >= 15 is 0 Å². The van der Waals surface area contributed by atoms with Crippen molar-refractivity contribution in [2.45, 2.75) is 19.8 Å². The van der Waals surface area contributed by atoms with Crippen molar-refractivity contribution in [3.63, 3.8) is 0 Å². The molecule has 0 radical (unpaired) electrons. The lowest BCUT2D eigenvalue weighted by Crippen LogP contribution is -2.42. The summed E-state index contributed by atoms with van der Waals surface area (Å²) in [6, 6.07) is 7.80. The molecule has 21 heavy (non-hydrogen) atoms. The molecular formula is C16H25ClN2O2. The van der Waals surface area contributed by atoms with Crippen molar-refractivity contribution < 1.29 is 9.53 Å². The minimum Gasteiger partial charge on any atom is -0.484 e. The Balaban J connectivity index is 0.00000220. The Morgan fingerprint density at radius 2 is 2.10 bits per heavy atom. The summed E-state index contributed by atoms with van der Waals surface area (Å²) in [6.07, 6.45) is 2.16. The predicted octanol–water partition coefficient (Wildman–Crippen LogP) is 2.25. The number of amides is 1. The molecule has 0 aromatic heterocycles. The maximum atomic E-state index is 12.1. The summed E-state index contributed by atoms with van der Waals surface area (Å²) in [5.41, 5.74) is 1.14. The molecule has 0 aliphatic carbocycles. The molecule has 2 rings (SSSR count). The average molecular weight is 313 g/mol. The highest BCUT2D eigenvalue weighted by Crippen LogP contribution is 2.17. The molecule has 1 amide bonds. The van der Waals surface area contributed by atoms with Gasteiger partial charge < -0.3 is 15.0 Å². The van der Waals surface area contributed by atoms with Crippen LogP contribution >= 0.6 is 12.4 Å². The number of carbonyl (C=O) groups is 1. The van der Waals surface area contributed by atoms with Crippen LogP contribution in [0, 0.1) is 12.8 Å². The van der Waals surface area contributed by atoms with Crippen molar-refractivity contribution in [1.82, 2.24) is 10.2 Å². The first-order chi connectivity index (χ1) is 9.69. The molecule has 5 heteroatoms. The van der Waals surface area contributed by atoms with Gasteiger partial charge in [0, 0.05) is 13.1 Å². The number of likely N-dealkylation sites (tertiary alicyclic amines) is 1. The molecule has 1 aromatic rings. The zero-order valence-electron chi connectivity index (χ0n) is 12.8. The van der Waals surface area contributed by atoms with E-state index in [2.05, 4.69) is 5.32 Å². The number of hydrogen-bond donors (Lipinski definition) is 1. The Morgan fingerprint density at radius 1 is 1.38 bits per heavy atom. The average Bonchev–Trinajstić information content (AvgIpc) is 2.46. The molecule has 4 nitrogen and oxygen atoms in total. The number of piperidine rings is 1. The third-order valence-electron chi connectivity index (χ3n) is 3.81. The smallest absolute Gasteiger partial charge is 0.260 e. The topological polar surface area (TPSA) is 41.6 Å². The Labute approximate surface area is 133 Å². The van der Waals surface area contributed by atoms with Gasteiger partial charge in [0.15, 0.2) is 6.61 Å². The van der Waals surface area contributed by atoms with E-state index in [-0.39, 0.29) is 24.9 Å². The van der Waals surface area contributed by atoms with Crippen molar-refractivity contribution in [3.05, 3.63) is 29.8 Å². The van der Waals surface area contributed by atoms with E-state index in [1.54, 1.807) is 0 Å². The molecule has 118 valence electrons. The summed E-state index contributed by atoms with van der Waals surface area (Å²) >= 11 is 0. The molecule has 0 saturated carbocycles. The minimum atomic E-state index is 0. The molecule has 1 heterocycles. The third kappa shape index (κ3) is 5.56. The number of benzene rings is 1. The van der Waals surface area contributed by atoms with Gasteiger partial charge in [-0.3, -0.25) is 4.79 Å². The van der Waals surface area contributed by atoms with Crippen LogP contribution in [0.2, 0.25) is 0 Å². The first kappa shape index (κ1) is 17.8. The summed E-state index contributed by atoms with van der Waals surface area (Å²) in [5, 5.41) is 3.21. The van der Waals surface area contributed by atoms with Crippen LogP contribution < -0.4 is 10.1 Å². The van der Waals surface area contributed by atoms with E-state index in [1.165, 1.54) is 0 Å². The second-order valence-electron chi connectivity index (χ2n) is 5.49. The van der Waals surface area contributed by atoms with Gasteiger partial charge in [-0.25, -0.2) is 0 Å². The Hall–Kier alpha value is -1.26. The molecule has 1 saturated heterocycles. The van der Waals surface area contributed by atoms with Crippen LogP contribution in [0.3, 0.4) is 0 Å². The van der Waals surface area contributed by atoms with Gasteiger partial charge in [0.25, 0.3) is 5.91 Å². The van der Waals surface area contributed by atoms with Crippen LogP contribution in [0.25, 0.3) is 0 Å². The monoisotopic (exact) mass is 312 g/mol. The molecule has 0 spiro atoms. The van der Waals surface area contributed by atoms with Gasteiger partial charge in [0.1, 0.15) is 5.75 Å². The molecule has 1 N–H and O–H groups in total. The normalized spacial score (nSPS) is 15.4. The summed E-state index contributed by atoms with van der Waals surface area (Å²) in [5.74, 6) is 1.56. The van der Waals surface area contributed by atoms with Crippen molar-refractivity contribution in [3.8, 4) is 5.75 Å². The molecule has 0 unspecified atom stereocenters. The molecule has 0 atom stereocenters. The maximum Gasteiger partial charge on any atom is 0.260 e. The number of nitrogens with zero attached hydrogens (tertiary/aromatic N) is 1. The first-order valence-electron chi connectivity index (χ1n) is 7.31. The fourth-order valence-corrected chi connectivity index (χ4v) is 2.62. The lowest BCUT2D eigenvalue weighted by atomic mass is 9.97. The van der Waals surface area contributed by atoms with Crippen molar-refractivity contribution in [2.24, 2.45) is 5.92 Å². The number of halogens is 1. The fraction of sp³-hybridized carbons (Fsp3) is 0.562. The quantitative estimate of drug-likeness (QED) is 0.907. The van der Waals surface area contributed by atoms with Crippen molar-refractivity contribution in [2.75, 3.05) is 33.3 Å². The third-order valence-corrected chi connectivity index (χ3v) is 3.81. The van der Waals surface area contributed by atoms with Gasteiger partial charge in [0.05, 0.1) is 0 Å². The molecule has 1 aliphatic rings. The van der Waals surface area contributed by atoms with E-state index < -0.39 is 0 Å². The largest absolute Gasteiger partial charge is 0.484 e. The molecular weight excluding hydrogens is 288 g/mol. The second kappa shape index (κ2) is 8.90. The van der Waals surface area contributed by atoms with Gasteiger partial charge in [-0.1, -0.05) is 12.1 Å². The van der Waals surface area contributed by atoms with Crippen LogP contribution in [0.4, 0.5) is 0 Å². The number of nitrogens with one attached hydrogen (secondary N) is 1. The lowest BCUT2D eigenvalue weighted by Gasteiger charge is -2.31. The van der Waals surface area contributed by atoms with Gasteiger partial charge >= 0.3 is 0 Å². The highest BCUT2D eigenvalue weighted by atomic mass is 35.5. The van der Waals surface area contributed by atoms with Gasteiger partial charge in [0.2, 0.25) is 0 Å². The Bertz CT molecular complexity index is 446. The van der Waals surface area contributed by atoms with E-state index in [4.69, 9.17) is 4.74 Å². The van der Waals surface area contributed by atoms with Crippen molar-refractivity contribution >= 4 is 18.3 Å². The number of rotatable bonds is 5. The van der Waals surface area contributed by atoms with E-state index in [1.807, 2.05) is 43.1 Å². The summed E-state index contributed by atoms with van der Waals surface area (Å²) in [6.45, 7) is 4.90. The van der Waals surface area contributed by atoms with Gasteiger partial charge in [-0.15, -0.1) is 12.4 Å². The summed E-state index contributed by atoms with van der Waals surface area (Å²) < 4.78 is 5.57. The molecule has 1 aromatic carbocycles. The summed E-state index contributed by atoms with van der Waals surface area (Å²) in [4.78, 5) is 14.0. The number of ether oxygens (including phenoxy) is 1. The maximum absolute atomic E-state index is 12.1. The number of hydrogen-bond acceptors (Lipinski definition) is 3. The Kier molecular flexibility index (Phi) is 7.54. The second-order valence-corrected chi connectivity index (χ2v) is 5.49.